The third-order valence-electron chi connectivity index (χ3n) is 3.46. The molecule has 0 radical (unpaired) electrons. The van der Waals surface area contributed by atoms with E-state index in [-0.39, 0.29) is 11.9 Å². The fraction of sp³-hybridized carbons (Fsp3) is 0.545. The summed E-state index contributed by atoms with van der Waals surface area (Å²) in [5, 5.41) is 15.7. The molecule has 3 heterocycles. The molecule has 6 nitrogen and oxygen atoms in total. The van der Waals surface area contributed by atoms with Crippen LogP contribution in [0.3, 0.4) is 0 Å². The third kappa shape index (κ3) is 1.68. The lowest BCUT2D eigenvalue weighted by Gasteiger charge is -2.41. The number of aromatic nitrogens is 2. The maximum Gasteiger partial charge on any atom is 0.237 e. The molecule has 1 unspecified atom stereocenters. The van der Waals surface area contributed by atoms with Gasteiger partial charge in [0.05, 0.1) is 23.8 Å². The average Bonchev–Trinajstić information content (AvgIpc) is 2.87. The average molecular weight is 231 g/mol. The van der Waals surface area contributed by atoms with Crippen molar-refractivity contribution in [2.45, 2.75) is 18.5 Å². The molecular formula is C11H13N5O. The molecule has 88 valence electrons. The van der Waals surface area contributed by atoms with Crippen LogP contribution in [0.5, 0.6) is 0 Å². The van der Waals surface area contributed by atoms with Crippen molar-refractivity contribution in [3.05, 3.63) is 18.0 Å². The molecule has 2 fully saturated rings. The Morgan fingerprint density at radius 2 is 2.35 bits per heavy atom. The molecule has 1 amide bonds. The molecule has 0 spiro atoms. The van der Waals surface area contributed by atoms with Gasteiger partial charge in [0.1, 0.15) is 6.07 Å². The number of amides is 1. The summed E-state index contributed by atoms with van der Waals surface area (Å²) >= 11 is 0. The van der Waals surface area contributed by atoms with Crippen LogP contribution in [0.25, 0.3) is 0 Å². The van der Waals surface area contributed by atoms with Crippen molar-refractivity contribution in [1.82, 2.24) is 20.0 Å². The van der Waals surface area contributed by atoms with E-state index in [1.54, 1.807) is 12.4 Å². The molecule has 2 saturated heterocycles. The van der Waals surface area contributed by atoms with Crippen molar-refractivity contribution >= 4 is 5.91 Å². The van der Waals surface area contributed by atoms with E-state index in [1.165, 1.54) is 0 Å². The minimum absolute atomic E-state index is 0.0391. The lowest BCUT2D eigenvalue weighted by atomic mass is 10.0. The Morgan fingerprint density at radius 3 is 2.94 bits per heavy atom. The van der Waals surface area contributed by atoms with Crippen LogP contribution in [0.2, 0.25) is 0 Å². The summed E-state index contributed by atoms with van der Waals surface area (Å²) < 4.78 is 1.82. The van der Waals surface area contributed by atoms with Crippen LogP contribution in [0.1, 0.15) is 18.0 Å². The van der Waals surface area contributed by atoms with E-state index in [9.17, 15) is 4.79 Å². The molecule has 2 aliphatic heterocycles. The number of carbonyl (C=O) groups is 1. The highest BCUT2D eigenvalue weighted by atomic mass is 16.2. The van der Waals surface area contributed by atoms with Crippen LogP contribution < -0.4 is 5.32 Å². The zero-order valence-electron chi connectivity index (χ0n) is 9.33. The first kappa shape index (κ1) is 10.3. The quantitative estimate of drug-likeness (QED) is 0.744. The molecule has 0 aromatic carbocycles. The maximum absolute atomic E-state index is 11.5. The second kappa shape index (κ2) is 3.86. The third-order valence-corrected chi connectivity index (χ3v) is 3.46. The Morgan fingerprint density at radius 1 is 1.53 bits per heavy atom. The fourth-order valence-electron chi connectivity index (χ4n) is 2.43. The highest BCUT2D eigenvalue weighted by Crippen LogP contribution is 2.25. The molecule has 2 aliphatic rings. The van der Waals surface area contributed by atoms with Crippen molar-refractivity contribution in [3.63, 3.8) is 0 Å². The standard InChI is InChI=1S/C11H13N5O/c12-3-8-4-14-16(5-8)9-6-15(7-9)10-1-2-13-11(10)17/h4-5,9-10H,1-2,6-7H2,(H,13,17). The van der Waals surface area contributed by atoms with Gasteiger partial charge in [-0.05, 0) is 6.42 Å². The number of nitriles is 1. The Hall–Kier alpha value is -1.87. The Bertz CT molecular complexity index is 482. The van der Waals surface area contributed by atoms with Crippen LogP contribution in [-0.4, -0.2) is 46.3 Å². The fourth-order valence-corrected chi connectivity index (χ4v) is 2.43. The normalized spacial score (nSPS) is 25.4. The highest BCUT2D eigenvalue weighted by molar-refractivity contribution is 5.83. The largest absolute Gasteiger partial charge is 0.355 e. The number of rotatable bonds is 2. The Balaban J connectivity index is 1.61. The van der Waals surface area contributed by atoms with Crippen LogP contribution >= 0.6 is 0 Å². The second-order valence-electron chi connectivity index (χ2n) is 4.52. The molecule has 1 aromatic heterocycles. The lowest BCUT2D eigenvalue weighted by molar-refractivity contribution is -0.125. The first-order valence-corrected chi connectivity index (χ1v) is 5.74. The summed E-state index contributed by atoms with van der Waals surface area (Å²) in [5.74, 6) is 0.140. The van der Waals surface area contributed by atoms with Gasteiger partial charge in [0.15, 0.2) is 0 Å². The van der Waals surface area contributed by atoms with Gasteiger partial charge in [-0.25, -0.2) is 0 Å². The number of nitrogens with one attached hydrogen (secondary N) is 1. The van der Waals surface area contributed by atoms with E-state index in [2.05, 4.69) is 21.4 Å². The minimum Gasteiger partial charge on any atom is -0.355 e. The smallest absolute Gasteiger partial charge is 0.237 e. The molecule has 0 aliphatic carbocycles. The topological polar surface area (TPSA) is 74.0 Å². The highest BCUT2D eigenvalue weighted by Gasteiger charge is 2.39. The van der Waals surface area contributed by atoms with Gasteiger partial charge in [-0.3, -0.25) is 14.4 Å². The molecule has 0 saturated carbocycles. The SMILES string of the molecule is N#Cc1cnn(C2CN(C3CCNC3=O)C2)c1. The van der Waals surface area contributed by atoms with E-state index in [1.807, 2.05) is 4.68 Å². The van der Waals surface area contributed by atoms with Crippen LogP contribution in [0.15, 0.2) is 12.4 Å². The van der Waals surface area contributed by atoms with Gasteiger partial charge >= 0.3 is 0 Å². The molecule has 17 heavy (non-hydrogen) atoms. The van der Waals surface area contributed by atoms with E-state index in [0.717, 1.165) is 26.1 Å². The van der Waals surface area contributed by atoms with Gasteiger partial charge in [0, 0.05) is 25.8 Å². The number of likely N-dealkylation sites (tertiary alicyclic amines) is 1. The van der Waals surface area contributed by atoms with Crippen molar-refractivity contribution in [2.24, 2.45) is 0 Å². The van der Waals surface area contributed by atoms with Crippen molar-refractivity contribution in [2.75, 3.05) is 19.6 Å². The van der Waals surface area contributed by atoms with Gasteiger partial charge in [0.25, 0.3) is 0 Å². The van der Waals surface area contributed by atoms with E-state index in [4.69, 9.17) is 5.26 Å². The number of hydrogen-bond donors (Lipinski definition) is 1. The molecular weight excluding hydrogens is 218 g/mol. The molecule has 1 aromatic rings. The predicted molar refractivity (Wildman–Crippen MR) is 59.0 cm³/mol. The van der Waals surface area contributed by atoms with Crippen LogP contribution in [-0.2, 0) is 4.79 Å². The molecule has 0 bridgehead atoms. The van der Waals surface area contributed by atoms with Gasteiger partial charge in [0.2, 0.25) is 5.91 Å². The minimum atomic E-state index is 0.0391. The monoisotopic (exact) mass is 231 g/mol. The zero-order chi connectivity index (χ0) is 11.8. The molecule has 3 rings (SSSR count). The molecule has 6 heteroatoms. The number of nitrogens with zero attached hydrogens (tertiary/aromatic N) is 4. The number of carbonyl (C=O) groups excluding carboxylic acids is 1. The first-order chi connectivity index (χ1) is 8.28. The summed E-state index contributed by atoms with van der Waals surface area (Å²) in [6.07, 6.45) is 4.23. The molecule has 1 N–H and O–H groups in total. The Labute approximate surface area is 98.8 Å². The van der Waals surface area contributed by atoms with Gasteiger partial charge in [-0.1, -0.05) is 0 Å². The van der Waals surface area contributed by atoms with E-state index in [0.29, 0.717) is 11.6 Å². The van der Waals surface area contributed by atoms with Crippen LogP contribution in [0, 0.1) is 11.3 Å². The van der Waals surface area contributed by atoms with Gasteiger partial charge < -0.3 is 5.32 Å². The van der Waals surface area contributed by atoms with Gasteiger partial charge in [-0.15, -0.1) is 0 Å². The predicted octanol–water partition coefficient (Wildman–Crippen LogP) is -0.500. The van der Waals surface area contributed by atoms with Crippen molar-refractivity contribution in [1.29, 1.82) is 5.26 Å². The summed E-state index contributed by atoms with van der Waals surface area (Å²) in [4.78, 5) is 13.7. The van der Waals surface area contributed by atoms with Crippen molar-refractivity contribution < 1.29 is 4.79 Å². The van der Waals surface area contributed by atoms with E-state index >= 15 is 0 Å². The summed E-state index contributed by atoms with van der Waals surface area (Å²) in [7, 11) is 0. The number of hydrogen-bond acceptors (Lipinski definition) is 4. The second-order valence-corrected chi connectivity index (χ2v) is 4.52. The maximum atomic E-state index is 11.5. The summed E-state index contributed by atoms with van der Waals surface area (Å²) in [6.45, 7) is 2.46. The summed E-state index contributed by atoms with van der Waals surface area (Å²) in [6, 6.07) is 2.40. The Kier molecular flexibility index (Phi) is 2.34. The molecule has 1 atom stereocenters. The lowest BCUT2D eigenvalue weighted by Crippen LogP contribution is -2.54. The zero-order valence-corrected chi connectivity index (χ0v) is 9.33. The van der Waals surface area contributed by atoms with Crippen molar-refractivity contribution in [3.8, 4) is 6.07 Å². The van der Waals surface area contributed by atoms with Gasteiger partial charge in [-0.2, -0.15) is 10.4 Å². The van der Waals surface area contributed by atoms with E-state index < -0.39 is 0 Å². The first-order valence-electron chi connectivity index (χ1n) is 5.74. The van der Waals surface area contributed by atoms with Crippen LogP contribution in [0.4, 0.5) is 0 Å². The summed E-state index contributed by atoms with van der Waals surface area (Å²) in [5.41, 5.74) is 0.585.